The molecule has 20 heavy (non-hydrogen) atoms. The second-order valence-electron chi connectivity index (χ2n) is 4.35. The number of hydrogen-bond acceptors (Lipinski definition) is 2. The number of nitriles is 1. The van der Waals surface area contributed by atoms with Gasteiger partial charge in [0.05, 0.1) is 16.1 Å². The summed E-state index contributed by atoms with van der Waals surface area (Å²) in [7, 11) is 0. The predicted octanol–water partition coefficient (Wildman–Crippen LogP) is 4.76. The van der Waals surface area contributed by atoms with E-state index >= 15 is 0 Å². The molecule has 2 aromatic heterocycles. The first kappa shape index (κ1) is 13.1. The molecule has 2 nitrogen and oxygen atoms in total. The molecular formula is C16H11ClN2S. The summed E-state index contributed by atoms with van der Waals surface area (Å²) in [5, 5.41) is 10.1. The first-order valence-corrected chi connectivity index (χ1v) is 7.52. The van der Waals surface area contributed by atoms with Crippen LogP contribution in [-0.4, -0.2) is 4.40 Å². The van der Waals surface area contributed by atoms with Crippen molar-refractivity contribution in [2.24, 2.45) is 0 Å². The normalized spacial score (nSPS) is 10.6. The van der Waals surface area contributed by atoms with Gasteiger partial charge in [-0.25, -0.2) is 0 Å². The van der Waals surface area contributed by atoms with Crippen LogP contribution in [0.5, 0.6) is 0 Å². The molecule has 3 aromatic rings. The first-order valence-electron chi connectivity index (χ1n) is 6.15. The standard InChI is InChI=1S/C16H11ClN2S/c17-14-5-1-2-7-16(14)20-11-12-10-19-8-4-3-6-15(19)13(12)9-18/h1-8,10H,11H2. The third-order valence-corrected chi connectivity index (χ3v) is 4.66. The van der Waals surface area contributed by atoms with Crippen LogP contribution in [-0.2, 0) is 5.75 Å². The molecule has 0 unspecified atom stereocenters. The molecule has 0 bridgehead atoms. The Morgan fingerprint density at radius 1 is 1.15 bits per heavy atom. The van der Waals surface area contributed by atoms with Crippen molar-refractivity contribution in [1.29, 1.82) is 5.26 Å². The molecular weight excluding hydrogens is 288 g/mol. The number of hydrogen-bond donors (Lipinski definition) is 0. The second kappa shape index (κ2) is 5.62. The largest absolute Gasteiger partial charge is 0.322 e. The van der Waals surface area contributed by atoms with Gasteiger partial charge in [-0.2, -0.15) is 5.26 Å². The molecule has 4 heteroatoms. The summed E-state index contributed by atoms with van der Waals surface area (Å²) in [6.07, 6.45) is 3.97. The Bertz CT molecular complexity index is 802. The van der Waals surface area contributed by atoms with Gasteiger partial charge in [0, 0.05) is 23.0 Å². The molecule has 98 valence electrons. The summed E-state index contributed by atoms with van der Waals surface area (Å²) in [5.74, 6) is 0.730. The average molecular weight is 299 g/mol. The van der Waals surface area contributed by atoms with Crippen molar-refractivity contribution in [2.45, 2.75) is 10.6 Å². The Morgan fingerprint density at radius 3 is 2.75 bits per heavy atom. The Balaban J connectivity index is 1.92. The van der Waals surface area contributed by atoms with Gasteiger partial charge in [-0.15, -0.1) is 11.8 Å². The highest BCUT2D eigenvalue weighted by atomic mass is 35.5. The van der Waals surface area contributed by atoms with Crippen LogP contribution >= 0.6 is 23.4 Å². The monoisotopic (exact) mass is 298 g/mol. The quantitative estimate of drug-likeness (QED) is 0.652. The third-order valence-electron chi connectivity index (χ3n) is 3.09. The van der Waals surface area contributed by atoms with Crippen LogP contribution in [0.2, 0.25) is 5.02 Å². The molecule has 1 aromatic carbocycles. The third kappa shape index (κ3) is 2.40. The van der Waals surface area contributed by atoms with Gasteiger partial charge in [0.25, 0.3) is 0 Å². The zero-order valence-corrected chi connectivity index (χ0v) is 12.2. The maximum Gasteiger partial charge on any atom is 0.102 e. The van der Waals surface area contributed by atoms with Gasteiger partial charge in [-0.3, -0.25) is 0 Å². The summed E-state index contributed by atoms with van der Waals surface area (Å²) >= 11 is 7.80. The van der Waals surface area contributed by atoms with E-state index in [1.54, 1.807) is 11.8 Å². The summed E-state index contributed by atoms with van der Waals surface area (Å²) in [4.78, 5) is 1.04. The lowest BCUT2D eigenvalue weighted by molar-refractivity contribution is 1.18. The minimum atomic E-state index is 0.730. The summed E-state index contributed by atoms with van der Waals surface area (Å²) in [6, 6.07) is 15.9. The van der Waals surface area contributed by atoms with Gasteiger partial charge in [-0.05, 0) is 29.8 Å². The molecule has 0 fully saturated rings. The van der Waals surface area contributed by atoms with Crippen LogP contribution in [0.1, 0.15) is 11.1 Å². The van der Waals surface area contributed by atoms with Gasteiger partial charge in [0.1, 0.15) is 6.07 Å². The molecule has 0 saturated carbocycles. The molecule has 0 atom stereocenters. The van der Waals surface area contributed by atoms with Gasteiger partial charge < -0.3 is 4.40 Å². The fourth-order valence-electron chi connectivity index (χ4n) is 2.13. The number of nitrogens with zero attached hydrogens (tertiary/aromatic N) is 2. The van der Waals surface area contributed by atoms with Crippen molar-refractivity contribution >= 4 is 28.9 Å². The number of halogens is 1. The van der Waals surface area contributed by atoms with Crippen LogP contribution in [0.25, 0.3) is 5.52 Å². The van der Waals surface area contributed by atoms with E-state index in [2.05, 4.69) is 6.07 Å². The Hall–Kier alpha value is -1.89. The van der Waals surface area contributed by atoms with E-state index in [4.69, 9.17) is 11.6 Å². The van der Waals surface area contributed by atoms with Crippen molar-refractivity contribution in [1.82, 2.24) is 4.40 Å². The highest BCUT2D eigenvalue weighted by molar-refractivity contribution is 7.98. The zero-order chi connectivity index (χ0) is 13.9. The molecule has 0 aliphatic rings. The first-order chi connectivity index (χ1) is 9.79. The lowest BCUT2D eigenvalue weighted by Gasteiger charge is -2.02. The van der Waals surface area contributed by atoms with E-state index in [-0.39, 0.29) is 0 Å². The average Bonchev–Trinajstić information content (AvgIpc) is 2.84. The van der Waals surface area contributed by atoms with E-state index in [0.29, 0.717) is 0 Å². The minimum absolute atomic E-state index is 0.730. The maximum atomic E-state index is 9.36. The molecule has 2 heterocycles. The molecule has 3 rings (SSSR count). The minimum Gasteiger partial charge on any atom is -0.322 e. The van der Waals surface area contributed by atoms with E-state index < -0.39 is 0 Å². The Labute approximate surface area is 126 Å². The molecule has 0 saturated heterocycles. The van der Waals surface area contributed by atoms with Crippen LogP contribution in [0.15, 0.2) is 59.8 Å². The highest BCUT2D eigenvalue weighted by Gasteiger charge is 2.10. The molecule has 0 radical (unpaired) electrons. The predicted molar refractivity (Wildman–Crippen MR) is 83.1 cm³/mol. The molecule has 0 amide bonds. The summed E-state index contributed by atoms with van der Waals surface area (Å²) < 4.78 is 1.99. The van der Waals surface area contributed by atoms with Crippen molar-refractivity contribution in [3.63, 3.8) is 0 Å². The molecule has 0 N–H and O–H groups in total. The zero-order valence-electron chi connectivity index (χ0n) is 10.6. The lowest BCUT2D eigenvalue weighted by atomic mass is 10.2. The van der Waals surface area contributed by atoms with E-state index in [1.807, 2.05) is 59.3 Å². The SMILES string of the molecule is N#Cc1c(CSc2ccccc2Cl)cn2ccccc12. The molecule has 0 spiro atoms. The Morgan fingerprint density at radius 2 is 1.95 bits per heavy atom. The summed E-state index contributed by atoms with van der Waals surface area (Å²) in [5.41, 5.74) is 2.72. The van der Waals surface area contributed by atoms with E-state index in [1.165, 1.54) is 0 Å². The van der Waals surface area contributed by atoms with Crippen molar-refractivity contribution in [2.75, 3.05) is 0 Å². The number of thioether (sulfide) groups is 1. The van der Waals surface area contributed by atoms with E-state index in [9.17, 15) is 5.26 Å². The van der Waals surface area contributed by atoms with E-state index in [0.717, 1.165) is 32.3 Å². The smallest absolute Gasteiger partial charge is 0.102 e. The van der Waals surface area contributed by atoms with Crippen molar-refractivity contribution in [3.8, 4) is 6.07 Å². The number of pyridine rings is 1. The lowest BCUT2D eigenvalue weighted by Crippen LogP contribution is -1.82. The van der Waals surface area contributed by atoms with Crippen LogP contribution in [0, 0.1) is 11.3 Å². The van der Waals surface area contributed by atoms with Crippen LogP contribution in [0.3, 0.4) is 0 Å². The topological polar surface area (TPSA) is 28.2 Å². The fourth-order valence-corrected chi connectivity index (χ4v) is 3.34. The number of aromatic nitrogens is 1. The van der Waals surface area contributed by atoms with Crippen LogP contribution in [0.4, 0.5) is 0 Å². The van der Waals surface area contributed by atoms with Crippen LogP contribution < -0.4 is 0 Å². The van der Waals surface area contributed by atoms with Gasteiger partial charge >= 0.3 is 0 Å². The highest BCUT2D eigenvalue weighted by Crippen LogP contribution is 2.31. The maximum absolute atomic E-state index is 9.36. The van der Waals surface area contributed by atoms with Crippen molar-refractivity contribution < 1.29 is 0 Å². The molecule has 0 aliphatic heterocycles. The van der Waals surface area contributed by atoms with Gasteiger partial charge in [-0.1, -0.05) is 29.8 Å². The number of fused-ring (bicyclic) bond motifs is 1. The Kier molecular flexibility index (Phi) is 3.68. The number of benzene rings is 1. The fraction of sp³-hybridized carbons (Fsp3) is 0.0625. The summed E-state index contributed by atoms with van der Waals surface area (Å²) in [6.45, 7) is 0. The number of rotatable bonds is 3. The van der Waals surface area contributed by atoms with Gasteiger partial charge in [0.15, 0.2) is 0 Å². The second-order valence-corrected chi connectivity index (χ2v) is 5.78. The molecule has 0 aliphatic carbocycles. The van der Waals surface area contributed by atoms with Crippen molar-refractivity contribution in [3.05, 3.63) is 71.0 Å². The van der Waals surface area contributed by atoms with Gasteiger partial charge in [0.2, 0.25) is 0 Å².